The average Bonchev–Trinajstić information content (AvgIpc) is 2.63. The van der Waals surface area contributed by atoms with E-state index in [0.29, 0.717) is 6.54 Å². The Morgan fingerprint density at radius 1 is 0.875 bits per heavy atom. The second-order valence-electron chi connectivity index (χ2n) is 5.64. The molecule has 1 amide bonds. The first-order valence-corrected chi connectivity index (χ1v) is 7.91. The number of carbonyl (C=O) groups excluding carboxylic acids is 1. The standard InChI is InChI=1S/C20H19N3O/c1-15-12-13-18(23-22-15)14-21-20(24)19(16-8-4-2-5-9-16)17-10-6-3-7-11-17/h2-13,19H,14H2,1H3,(H,21,24). The Morgan fingerprint density at radius 3 is 1.96 bits per heavy atom. The summed E-state index contributed by atoms with van der Waals surface area (Å²) >= 11 is 0. The van der Waals surface area contributed by atoms with Gasteiger partial charge < -0.3 is 5.32 Å². The minimum atomic E-state index is -0.342. The molecule has 3 aromatic rings. The van der Waals surface area contributed by atoms with Crippen molar-refractivity contribution in [3.63, 3.8) is 0 Å². The van der Waals surface area contributed by atoms with E-state index in [-0.39, 0.29) is 11.8 Å². The number of hydrogen-bond acceptors (Lipinski definition) is 3. The molecule has 0 bridgehead atoms. The largest absolute Gasteiger partial charge is 0.350 e. The van der Waals surface area contributed by atoms with Crippen LogP contribution in [0, 0.1) is 6.92 Å². The Morgan fingerprint density at radius 2 is 1.46 bits per heavy atom. The van der Waals surface area contributed by atoms with Gasteiger partial charge >= 0.3 is 0 Å². The quantitative estimate of drug-likeness (QED) is 0.786. The van der Waals surface area contributed by atoms with Gasteiger partial charge in [-0.3, -0.25) is 4.79 Å². The summed E-state index contributed by atoms with van der Waals surface area (Å²) in [6.45, 7) is 2.25. The van der Waals surface area contributed by atoms with Gasteiger partial charge in [-0.25, -0.2) is 0 Å². The first-order valence-electron chi connectivity index (χ1n) is 7.91. The van der Waals surface area contributed by atoms with Crippen molar-refractivity contribution in [3.05, 3.63) is 95.3 Å². The molecule has 0 unspecified atom stereocenters. The summed E-state index contributed by atoms with van der Waals surface area (Å²) in [4.78, 5) is 12.8. The second-order valence-corrected chi connectivity index (χ2v) is 5.64. The number of hydrogen-bond donors (Lipinski definition) is 1. The maximum Gasteiger partial charge on any atom is 0.232 e. The summed E-state index contributed by atoms with van der Waals surface area (Å²) in [5.74, 6) is -0.388. The van der Waals surface area contributed by atoms with Crippen LogP contribution >= 0.6 is 0 Å². The van der Waals surface area contributed by atoms with Gasteiger partial charge in [-0.15, -0.1) is 0 Å². The fraction of sp³-hybridized carbons (Fsp3) is 0.150. The van der Waals surface area contributed by atoms with Crippen molar-refractivity contribution in [1.82, 2.24) is 15.5 Å². The van der Waals surface area contributed by atoms with Gasteiger partial charge in [0, 0.05) is 0 Å². The summed E-state index contributed by atoms with van der Waals surface area (Å²) in [6.07, 6.45) is 0. The average molecular weight is 317 g/mol. The molecule has 0 aliphatic carbocycles. The molecule has 1 aromatic heterocycles. The molecule has 0 spiro atoms. The minimum Gasteiger partial charge on any atom is -0.350 e. The normalized spacial score (nSPS) is 10.6. The Bertz CT molecular complexity index is 747. The molecule has 0 saturated heterocycles. The van der Waals surface area contributed by atoms with Gasteiger partial charge in [0.25, 0.3) is 0 Å². The SMILES string of the molecule is Cc1ccc(CNC(=O)C(c2ccccc2)c2ccccc2)nn1. The molecule has 0 aliphatic heterocycles. The highest BCUT2D eigenvalue weighted by atomic mass is 16.1. The number of aryl methyl sites for hydroxylation is 1. The van der Waals surface area contributed by atoms with E-state index >= 15 is 0 Å². The first-order chi connectivity index (χ1) is 11.7. The van der Waals surface area contributed by atoms with E-state index in [0.717, 1.165) is 22.5 Å². The molecule has 2 aromatic carbocycles. The zero-order valence-corrected chi connectivity index (χ0v) is 13.5. The van der Waals surface area contributed by atoms with Gasteiger partial charge in [0.05, 0.1) is 23.9 Å². The van der Waals surface area contributed by atoms with E-state index in [9.17, 15) is 4.79 Å². The molecule has 0 atom stereocenters. The van der Waals surface area contributed by atoms with Crippen LogP contribution in [0.4, 0.5) is 0 Å². The maximum absolute atomic E-state index is 12.8. The first kappa shape index (κ1) is 15.9. The highest BCUT2D eigenvalue weighted by Crippen LogP contribution is 2.24. The maximum atomic E-state index is 12.8. The molecule has 4 nitrogen and oxygen atoms in total. The summed E-state index contributed by atoms with van der Waals surface area (Å²) < 4.78 is 0. The van der Waals surface area contributed by atoms with E-state index in [2.05, 4.69) is 15.5 Å². The molecule has 1 N–H and O–H groups in total. The molecule has 24 heavy (non-hydrogen) atoms. The zero-order chi connectivity index (χ0) is 16.8. The summed E-state index contributed by atoms with van der Waals surface area (Å²) in [6, 6.07) is 23.4. The molecule has 120 valence electrons. The van der Waals surface area contributed by atoms with Gasteiger partial charge in [-0.05, 0) is 30.2 Å². The van der Waals surface area contributed by atoms with Crippen LogP contribution in [0.3, 0.4) is 0 Å². The van der Waals surface area contributed by atoms with Gasteiger partial charge in [0.2, 0.25) is 5.91 Å². The molecule has 0 fully saturated rings. The number of rotatable bonds is 5. The number of nitrogens with zero attached hydrogens (tertiary/aromatic N) is 2. The van der Waals surface area contributed by atoms with E-state index in [4.69, 9.17) is 0 Å². The monoisotopic (exact) mass is 317 g/mol. The van der Waals surface area contributed by atoms with Crippen LogP contribution in [0.25, 0.3) is 0 Å². The van der Waals surface area contributed by atoms with Crippen molar-refractivity contribution in [2.24, 2.45) is 0 Å². The predicted octanol–water partition coefficient (Wildman–Crippen LogP) is 3.23. The highest BCUT2D eigenvalue weighted by Gasteiger charge is 2.22. The lowest BCUT2D eigenvalue weighted by Crippen LogP contribution is -2.30. The zero-order valence-electron chi connectivity index (χ0n) is 13.5. The molecule has 1 heterocycles. The molecule has 0 radical (unpaired) electrons. The Kier molecular flexibility index (Phi) is 4.96. The number of benzene rings is 2. The fourth-order valence-electron chi connectivity index (χ4n) is 2.59. The third-order valence-corrected chi connectivity index (χ3v) is 3.82. The van der Waals surface area contributed by atoms with Crippen molar-refractivity contribution in [2.75, 3.05) is 0 Å². The summed E-state index contributed by atoms with van der Waals surface area (Å²) in [5, 5.41) is 11.1. The summed E-state index contributed by atoms with van der Waals surface area (Å²) in [5.41, 5.74) is 3.54. The van der Waals surface area contributed by atoms with Crippen molar-refractivity contribution in [3.8, 4) is 0 Å². The van der Waals surface area contributed by atoms with Crippen LogP contribution in [-0.4, -0.2) is 16.1 Å². The van der Waals surface area contributed by atoms with Crippen LogP contribution in [0.1, 0.15) is 28.4 Å². The van der Waals surface area contributed by atoms with Crippen molar-refractivity contribution >= 4 is 5.91 Å². The Labute approximate surface area is 141 Å². The lowest BCUT2D eigenvalue weighted by Gasteiger charge is -2.17. The molecular weight excluding hydrogens is 298 g/mol. The van der Waals surface area contributed by atoms with Crippen molar-refractivity contribution in [1.29, 1.82) is 0 Å². The number of carbonyl (C=O) groups is 1. The van der Waals surface area contributed by atoms with E-state index < -0.39 is 0 Å². The van der Waals surface area contributed by atoms with E-state index in [1.54, 1.807) is 0 Å². The van der Waals surface area contributed by atoms with Crippen LogP contribution in [0.5, 0.6) is 0 Å². The number of amides is 1. The lowest BCUT2D eigenvalue weighted by molar-refractivity contribution is -0.121. The second kappa shape index (κ2) is 7.51. The third-order valence-electron chi connectivity index (χ3n) is 3.82. The van der Waals surface area contributed by atoms with Crippen LogP contribution in [0.2, 0.25) is 0 Å². The van der Waals surface area contributed by atoms with E-state index in [1.807, 2.05) is 79.7 Å². The summed E-state index contributed by atoms with van der Waals surface area (Å²) in [7, 11) is 0. The molecule has 0 saturated carbocycles. The number of aromatic nitrogens is 2. The van der Waals surface area contributed by atoms with Gasteiger partial charge in [0.1, 0.15) is 0 Å². The highest BCUT2D eigenvalue weighted by molar-refractivity contribution is 5.87. The van der Waals surface area contributed by atoms with Crippen molar-refractivity contribution < 1.29 is 4.79 Å². The minimum absolute atomic E-state index is 0.0465. The number of nitrogens with one attached hydrogen (secondary N) is 1. The van der Waals surface area contributed by atoms with Crippen LogP contribution in [0.15, 0.2) is 72.8 Å². The fourth-order valence-corrected chi connectivity index (χ4v) is 2.59. The lowest BCUT2D eigenvalue weighted by atomic mass is 9.90. The smallest absolute Gasteiger partial charge is 0.232 e. The van der Waals surface area contributed by atoms with Gasteiger partial charge in [-0.2, -0.15) is 10.2 Å². The molecule has 3 rings (SSSR count). The molecule has 0 aliphatic rings. The van der Waals surface area contributed by atoms with Gasteiger partial charge in [0.15, 0.2) is 0 Å². The Hall–Kier alpha value is -3.01. The molecule has 4 heteroatoms. The van der Waals surface area contributed by atoms with Gasteiger partial charge in [-0.1, -0.05) is 60.7 Å². The van der Waals surface area contributed by atoms with Crippen LogP contribution < -0.4 is 5.32 Å². The topological polar surface area (TPSA) is 54.9 Å². The van der Waals surface area contributed by atoms with E-state index in [1.165, 1.54) is 0 Å². The molecular formula is C20H19N3O. The Balaban J connectivity index is 1.80. The predicted molar refractivity (Wildman–Crippen MR) is 93.3 cm³/mol. The van der Waals surface area contributed by atoms with Crippen LogP contribution in [-0.2, 0) is 11.3 Å². The van der Waals surface area contributed by atoms with Crippen molar-refractivity contribution in [2.45, 2.75) is 19.4 Å². The third kappa shape index (κ3) is 3.84.